The van der Waals surface area contributed by atoms with Gasteiger partial charge in [-0.2, -0.15) is 0 Å². The molecule has 1 aromatic rings. The van der Waals surface area contributed by atoms with Crippen LogP contribution in [0.2, 0.25) is 5.02 Å². The van der Waals surface area contributed by atoms with E-state index in [1.165, 1.54) is 23.1 Å². The van der Waals surface area contributed by atoms with Crippen LogP contribution < -0.4 is 5.32 Å². The molecular weight excluding hydrogens is 242 g/mol. The molecule has 2 atom stereocenters. The molecule has 3 rings (SSSR count). The van der Waals surface area contributed by atoms with Crippen molar-refractivity contribution in [3.8, 4) is 0 Å². The average Bonchev–Trinajstić information content (AvgIpc) is 2.71. The quantitative estimate of drug-likeness (QED) is 0.804. The van der Waals surface area contributed by atoms with Gasteiger partial charge < -0.3 is 5.32 Å². The van der Waals surface area contributed by atoms with Gasteiger partial charge in [0.1, 0.15) is 0 Å². The lowest BCUT2D eigenvalue weighted by atomic mass is 9.66. The molecule has 1 saturated heterocycles. The predicted molar refractivity (Wildman–Crippen MR) is 77.6 cm³/mol. The number of hydrogen-bond acceptors (Lipinski definition) is 1. The number of hydrogen-bond donors (Lipinski definition) is 1. The number of fused-ring (bicyclic) bond motifs is 3. The normalized spacial score (nSPS) is 30.4. The molecule has 2 heteroatoms. The van der Waals surface area contributed by atoms with Crippen LogP contribution in [0.15, 0.2) is 12.1 Å². The highest BCUT2D eigenvalue weighted by Gasteiger charge is 2.43. The van der Waals surface area contributed by atoms with Crippen LogP contribution in [0.4, 0.5) is 0 Å². The van der Waals surface area contributed by atoms with Crippen molar-refractivity contribution in [2.24, 2.45) is 5.41 Å². The van der Waals surface area contributed by atoms with Gasteiger partial charge in [0.2, 0.25) is 0 Å². The van der Waals surface area contributed by atoms with Crippen LogP contribution in [0, 0.1) is 5.41 Å². The van der Waals surface area contributed by atoms with Crippen LogP contribution in [0.1, 0.15) is 55.7 Å². The minimum absolute atomic E-state index is 0.440. The van der Waals surface area contributed by atoms with Gasteiger partial charge in [0.15, 0.2) is 0 Å². The summed E-state index contributed by atoms with van der Waals surface area (Å²) in [5, 5.41) is 4.60. The van der Waals surface area contributed by atoms with Gasteiger partial charge in [-0.15, -0.1) is 0 Å². The fourth-order valence-corrected chi connectivity index (χ4v) is 4.20. The maximum absolute atomic E-state index is 6.64. The first-order valence-electron chi connectivity index (χ1n) is 7.05. The Balaban J connectivity index is 2.10. The first kappa shape index (κ1) is 12.5. The third kappa shape index (κ3) is 1.71. The van der Waals surface area contributed by atoms with Gasteiger partial charge in [0, 0.05) is 24.0 Å². The molecule has 1 N–H and O–H groups in total. The van der Waals surface area contributed by atoms with E-state index in [2.05, 4.69) is 38.2 Å². The molecule has 0 bridgehead atoms. The Morgan fingerprint density at radius 1 is 1.39 bits per heavy atom. The lowest BCUT2D eigenvalue weighted by Crippen LogP contribution is -2.30. The van der Waals surface area contributed by atoms with E-state index >= 15 is 0 Å². The van der Waals surface area contributed by atoms with Crippen molar-refractivity contribution in [2.75, 3.05) is 13.1 Å². The third-order valence-electron chi connectivity index (χ3n) is 4.97. The number of nitrogens with one attached hydrogen (secondary N) is 1. The Kier molecular flexibility index (Phi) is 2.95. The highest BCUT2D eigenvalue weighted by atomic mass is 35.5. The maximum Gasteiger partial charge on any atom is 0.0475 e. The SMILES string of the molecule is CC(C)c1ccc2c(c1Cl)CC[C@]1(C)CNC[C@H]21. The molecule has 1 aliphatic carbocycles. The zero-order valence-electron chi connectivity index (χ0n) is 11.5. The standard InChI is InChI=1S/C16H22ClN/c1-10(2)11-4-5-12-13(15(11)17)6-7-16(3)9-18-8-14(12)16/h4-5,10,14,18H,6-9H2,1-3H3/t14-,16-/m1/s1. The van der Waals surface area contributed by atoms with Crippen molar-refractivity contribution in [3.05, 3.63) is 33.8 Å². The third-order valence-corrected chi connectivity index (χ3v) is 5.42. The predicted octanol–water partition coefficient (Wildman–Crippen LogP) is 4.10. The molecule has 1 heterocycles. The van der Waals surface area contributed by atoms with Crippen molar-refractivity contribution in [3.63, 3.8) is 0 Å². The van der Waals surface area contributed by atoms with E-state index in [4.69, 9.17) is 11.6 Å². The highest BCUT2D eigenvalue weighted by Crippen LogP contribution is 2.49. The molecule has 0 amide bonds. The van der Waals surface area contributed by atoms with Crippen LogP contribution in [-0.2, 0) is 6.42 Å². The summed E-state index contributed by atoms with van der Waals surface area (Å²) in [6.07, 6.45) is 2.41. The Hall–Kier alpha value is -0.530. The summed E-state index contributed by atoms with van der Waals surface area (Å²) in [4.78, 5) is 0. The van der Waals surface area contributed by atoms with Crippen molar-refractivity contribution in [1.29, 1.82) is 0 Å². The summed E-state index contributed by atoms with van der Waals surface area (Å²) >= 11 is 6.64. The zero-order valence-corrected chi connectivity index (χ0v) is 12.3. The fraction of sp³-hybridized carbons (Fsp3) is 0.625. The number of benzene rings is 1. The Labute approximate surface area is 115 Å². The second-order valence-corrected chi connectivity index (χ2v) is 6.91. The maximum atomic E-state index is 6.64. The molecule has 1 aromatic carbocycles. The van der Waals surface area contributed by atoms with Crippen molar-refractivity contribution in [2.45, 2.75) is 45.4 Å². The van der Waals surface area contributed by atoms with Gasteiger partial charge in [-0.1, -0.05) is 44.5 Å². The van der Waals surface area contributed by atoms with E-state index in [-0.39, 0.29) is 0 Å². The molecule has 0 spiro atoms. The molecule has 1 nitrogen and oxygen atoms in total. The van der Waals surface area contributed by atoms with Crippen molar-refractivity contribution < 1.29 is 0 Å². The second kappa shape index (κ2) is 4.25. The highest BCUT2D eigenvalue weighted by molar-refractivity contribution is 6.32. The monoisotopic (exact) mass is 263 g/mol. The van der Waals surface area contributed by atoms with Gasteiger partial charge in [-0.3, -0.25) is 0 Å². The van der Waals surface area contributed by atoms with Gasteiger partial charge >= 0.3 is 0 Å². The fourth-order valence-electron chi connectivity index (χ4n) is 3.71. The van der Waals surface area contributed by atoms with Crippen LogP contribution in [0.3, 0.4) is 0 Å². The number of halogens is 1. The first-order valence-corrected chi connectivity index (χ1v) is 7.42. The Bertz CT molecular complexity index is 480. The summed E-state index contributed by atoms with van der Waals surface area (Å²) in [5.74, 6) is 1.16. The smallest absolute Gasteiger partial charge is 0.0475 e. The van der Waals surface area contributed by atoms with Gasteiger partial charge in [0.25, 0.3) is 0 Å². The Morgan fingerprint density at radius 2 is 2.17 bits per heavy atom. The van der Waals surface area contributed by atoms with E-state index in [0.717, 1.165) is 24.5 Å². The molecule has 0 radical (unpaired) electrons. The largest absolute Gasteiger partial charge is 0.316 e. The van der Waals surface area contributed by atoms with E-state index in [1.54, 1.807) is 0 Å². The van der Waals surface area contributed by atoms with E-state index in [1.807, 2.05) is 0 Å². The van der Waals surface area contributed by atoms with Crippen LogP contribution >= 0.6 is 11.6 Å². The van der Waals surface area contributed by atoms with E-state index in [9.17, 15) is 0 Å². The van der Waals surface area contributed by atoms with Crippen LogP contribution in [0.5, 0.6) is 0 Å². The lowest BCUT2D eigenvalue weighted by molar-refractivity contribution is 0.277. The molecule has 2 aliphatic rings. The van der Waals surface area contributed by atoms with E-state index < -0.39 is 0 Å². The summed E-state index contributed by atoms with van der Waals surface area (Å²) in [5.41, 5.74) is 4.68. The van der Waals surface area contributed by atoms with Gasteiger partial charge in [-0.25, -0.2) is 0 Å². The number of rotatable bonds is 1. The van der Waals surface area contributed by atoms with Gasteiger partial charge in [0.05, 0.1) is 0 Å². The summed E-state index contributed by atoms with van der Waals surface area (Å²) in [6.45, 7) is 9.13. The van der Waals surface area contributed by atoms with Crippen LogP contribution in [-0.4, -0.2) is 13.1 Å². The minimum atomic E-state index is 0.440. The second-order valence-electron chi connectivity index (χ2n) is 6.53. The lowest BCUT2D eigenvalue weighted by Gasteiger charge is -2.37. The van der Waals surface area contributed by atoms with Gasteiger partial charge in [-0.05, 0) is 40.9 Å². The molecule has 0 saturated carbocycles. The average molecular weight is 264 g/mol. The minimum Gasteiger partial charge on any atom is -0.316 e. The topological polar surface area (TPSA) is 12.0 Å². The van der Waals surface area contributed by atoms with Crippen molar-refractivity contribution >= 4 is 11.6 Å². The first-order chi connectivity index (χ1) is 8.53. The zero-order chi connectivity index (χ0) is 12.9. The summed E-state index contributed by atoms with van der Waals surface area (Å²) in [6, 6.07) is 4.58. The molecule has 0 aromatic heterocycles. The van der Waals surface area contributed by atoms with Crippen LogP contribution in [0.25, 0.3) is 0 Å². The Morgan fingerprint density at radius 3 is 2.89 bits per heavy atom. The summed E-state index contributed by atoms with van der Waals surface area (Å²) in [7, 11) is 0. The molecule has 1 aliphatic heterocycles. The van der Waals surface area contributed by atoms with Crippen molar-refractivity contribution in [1.82, 2.24) is 5.32 Å². The molecule has 18 heavy (non-hydrogen) atoms. The molecule has 0 unspecified atom stereocenters. The van der Waals surface area contributed by atoms with E-state index in [0.29, 0.717) is 17.3 Å². The summed E-state index contributed by atoms with van der Waals surface area (Å²) < 4.78 is 0. The molecule has 1 fully saturated rings. The molecule has 98 valence electrons. The molecular formula is C16H22ClN.